The molecule has 0 aliphatic heterocycles. The molecular formula is C18H14FN5OS. The summed E-state index contributed by atoms with van der Waals surface area (Å²) < 4.78 is 15.6. The maximum absolute atomic E-state index is 13.3. The van der Waals surface area contributed by atoms with Gasteiger partial charge in [-0.15, -0.1) is 5.10 Å². The Balaban J connectivity index is 1.63. The second-order valence-electron chi connectivity index (χ2n) is 5.81. The summed E-state index contributed by atoms with van der Waals surface area (Å²) in [6.07, 6.45) is 0. The Bertz CT molecular complexity index is 1130. The fraction of sp³-hybridized carbons (Fsp3) is 0.111. The number of thiazole rings is 1. The number of hydrogen-bond acceptors (Lipinski definition) is 5. The first kappa shape index (κ1) is 16.3. The van der Waals surface area contributed by atoms with E-state index in [1.54, 1.807) is 17.7 Å². The minimum absolute atomic E-state index is 0.221. The SMILES string of the molecule is Cc1ccccc1-n1nnc(C(=O)Nc2nc3ccc(F)cc3s2)c1C. The number of rotatable bonds is 3. The average Bonchev–Trinajstić information content (AvgIpc) is 3.18. The van der Waals surface area contributed by atoms with Crippen LogP contribution in [0.5, 0.6) is 0 Å². The number of hydrogen-bond donors (Lipinski definition) is 1. The molecule has 8 heteroatoms. The monoisotopic (exact) mass is 367 g/mol. The van der Waals surface area contributed by atoms with Gasteiger partial charge in [-0.05, 0) is 43.7 Å². The van der Waals surface area contributed by atoms with Crippen molar-refractivity contribution in [2.75, 3.05) is 5.32 Å². The number of carbonyl (C=O) groups excluding carboxylic acids is 1. The van der Waals surface area contributed by atoms with Gasteiger partial charge in [0.05, 0.1) is 21.6 Å². The summed E-state index contributed by atoms with van der Waals surface area (Å²) >= 11 is 1.21. The smallest absolute Gasteiger partial charge is 0.279 e. The number of halogens is 1. The first-order chi connectivity index (χ1) is 12.5. The van der Waals surface area contributed by atoms with E-state index >= 15 is 0 Å². The van der Waals surface area contributed by atoms with E-state index in [-0.39, 0.29) is 11.5 Å². The molecule has 0 aliphatic rings. The largest absolute Gasteiger partial charge is 0.296 e. The molecule has 0 radical (unpaired) electrons. The Morgan fingerprint density at radius 2 is 2.00 bits per heavy atom. The third kappa shape index (κ3) is 2.84. The predicted octanol–water partition coefficient (Wildman–Crippen LogP) is 3.89. The van der Waals surface area contributed by atoms with Gasteiger partial charge in [-0.25, -0.2) is 14.1 Å². The summed E-state index contributed by atoms with van der Waals surface area (Å²) in [6, 6.07) is 12.0. The molecule has 26 heavy (non-hydrogen) atoms. The zero-order valence-electron chi connectivity index (χ0n) is 14.0. The third-order valence-corrected chi connectivity index (χ3v) is 4.96. The number of fused-ring (bicyclic) bond motifs is 1. The molecule has 2 aromatic heterocycles. The normalized spacial score (nSPS) is 11.0. The van der Waals surface area contributed by atoms with Crippen molar-refractivity contribution in [3.8, 4) is 5.69 Å². The second-order valence-corrected chi connectivity index (χ2v) is 6.84. The van der Waals surface area contributed by atoms with Crippen LogP contribution in [0.4, 0.5) is 9.52 Å². The lowest BCUT2D eigenvalue weighted by atomic mass is 10.2. The lowest BCUT2D eigenvalue weighted by molar-refractivity contribution is 0.102. The van der Waals surface area contributed by atoms with Crippen molar-refractivity contribution in [1.82, 2.24) is 20.0 Å². The Morgan fingerprint density at radius 3 is 2.81 bits per heavy atom. The molecule has 0 atom stereocenters. The van der Waals surface area contributed by atoms with Crippen molar-refractivity contribution in [3.63, 3.8) is 0 Å². The van der Waals surface area contributed by atoms with Crippen LogP contribution in [0.2, 0.25) is 0 Å². The van der Waals surface area contributed by atoms with Crippen LogP contribution in [-0.2, 0) is 0 Å². The van der Waals surface area contributed by atoms with Crippen LogP contribution in [0.25, 0.3) is 15.9 Å². The number of nitrogens with one attached hydrogen (secondary N) is 1. The van der Waals surface area contributed by atoms with Crippen LogP contribution in [0.15, 0.2) is 42.5 Å². The number of anilines is 1. The molecule has 0 bridgehead atoms. The molecular weight excluding hydrogens is 353 g/mol. The quantitative estimate of drug-likeness (QED) is 0.596. The molecule has 0 fully saturated rings. The second kappa shape index (κ2) is 6.30. The summed E-state index contributed by atoms with van der Waals surface area (Å²) in [5.41, 5.74) is 3.38. The molecule has 4 aromatic rings. The zero-order chi connectivity index (χ0) is 18.3. The van der Waals surface area contributed by atoms with Crippen molar-refractivity contribution in [2.45, 2.75) is 13.8 Å². The predicted molar refractivity (Wildman–Crippen MR) is 98.4 cm³/mol. The van der Waals surface area contributed by atoms with Gasteiger partial charge in [0.1, 0.15) is 5.82 Å². The maximum atomic E-state index is 13.3. The highest BCUT2D eigenvalue weighted by atomic mass is 32.1. The molecule has 0 saturated heterocycles. The van der Waals surface area contributed by atoms with Crippen LogP contribution in [0.3, 0.4) is 0 Å². The highest BCUT2D eigenvalue weighted by molar-refractivity contribution is 7.22. The summed E-state index contributed by atoms with van der Waals surface area (Å²) in [5.74, 6) is -0.738. The summed E-state index contributed by atoms with van der Waals surface area (Å²) in [5, 5.41) is 11.2. The lowest BCUT2D eigenvalue weighted by Crippen LogP contribution is -2.14. The van der Waals surface area contributed by atoms with E-state index in [4.69, 9.17) is 0 Å². The average molecular weight is 367 g/mol. The number of amides is 1. The number of para-hydroxylation sites is 1. The molecule has 1 N–H and O–H groups in total. The van der Waals surface area contributed by atoms with Gasteiger partial charge in [0.15, 0.2) is 10.8 Å². The molecule has 1 amide bonds. The van der Waals surface area contributed by atoms with Crippen LogP contribution >= 0.6 is 11.3 Å². The van der Waals surface area contributed by atoms with E-state index in [0.717, 1.165) is 11.3 Å². The van der Waals surface area contributed by atoms with Crippen LogP contribution < -0.4 is 5.32 Å². The third-order valence-electron chi connectivity index (χ3n) is 4.02. The summed E-state index contributed by atoms with van der Waals surface area (Å²) in [6.45, 7) is 3.76. The van der Waals surface area contributed by atoms with Gasteiger partial charge < -0.3 is 0 Å². The van der Waals surface area contributed by atoms with E-state index in [0.29, 0.717) is 21.0 Å². The highest BCUT2D eigenvalue weighted by Gasteiger charge is 2.19. The van der Waals surface area contributed by atoms with Crippen molar-refractivity contribution < 1.29 is 9.18 Å². The molecule has 6 nitrogen and oxygen atoms in total. The first-order valence-electron chi connectivity index (χ1n) is 7.88. The Hall–Kier alpha value is -3.13. The number of aromatic nitrogens is 4. The molecule has 2 heterocycles. The fourth-order valence-electron chi connectivity index (χ4n) is 2.68. The van der Waals surface area contributed by atoms with E-state index in [1.807, 2.05) is 31.2 Å². The van der Waals surface area contributed by atoms with Gasteiger partial charge >= 0.3 is 0 Å². The number of nitrogens with zero attached hydrogens (tertiary/aromatic N) is 4. The molecule has 2 aromatic carbocycles. The first-order valence-corrected chi connectivity index (χ1v) is 8.70. The van der Waals surface area contributed by atoms with Gasteiger partial charge in [-0.3, -0.25) is 10.1 Å². The highest BCUT2D eigenvalue weighted by Crippen LogP contribution is 2.27. The minimum atomic E-state index is -0.401. The lowest BCUT2D eigenvalue weighted by Gasteiger charge is -2.06. The number of carbonyl (C=O) groups is 1. The molecule has 0 spiro atoms. The van der Waals surface area contributed by atoms with Gasteiger partial charge in [-0.2, -0.15) is 0 Å². The van der Waals surface area contributed by atoms with Crippen molar-refractivity contribution in [3.05, 3.63) is 65.2 Å². The zero-order valence-corrected chi connectivity index (χ0v) is 14.8. The summed E-state index contributed by atoms with van der Waals surface area (Å²) in [7, 11) is 0. The Morgan fingerprint density at radius 1 is 1.19 bits per heavy atom. The van der Waals surface area contributed by atoms with Gasteiger partial charge in [0.25, 0.3) is 5.91 Å². The molecule has 0 unspecified atom stereocenters. The van der Waals surface area contributed by atoms with Gasteiger partial charge in [-0.1, -0.05) is 34.7 Å². The van der Waals surface area contributed by atoms with Gasteiger partial charge in [0, 0.05) is 0 Å². The van der Waals surface area contributed by atoms with E-state index < -0.39 is 5.91 Å². The standard InChI is InChI=1S/C18H14FN5OS/c1-10-5-3-4-6-14(10)24-11(2)16(22-23-24)17(25)21-18-20-13-8-7-12(19)9-15(13)26-18/h3-9H,1-2H3,(H,20,21,25). The van der Waals surface area contributed by atoms with Crippen molar-refractivity contribution in [2.24, 2.45) is 0 Å². The fourth-order valence-corrected chi connectivity index (χ4v) is 3.56. The van der Waals surface area contributed by atoms with Gasteiger partial charge in [0.2, 0.25) is 0 Å². The minimum Gasteiger partial charge on any atom is -0.296 e. The van der Waals surface area contributed by atoms with Crippen LogP contribution in [0.1, 0.15) is 21.7 Å². The van der Waals surface area contributed by atoms with E-state index in [9.17, 15) is 9.18 Å². The molecule has 130 valence electrons. The van der Waals surface area contributed by atoms with Crippen molar-refractivity contribution >= 4 is 32.6 Å². The molecule has 0 saturated carbocycles. The number of aryl methyl sites for hydroxylation is 1. The number of benzene rings is 2. The molecule has 0 aliphatic carbocycles. The molecule has 4 rings (SSSR count). The van der Waals surface area contributed by atoms with E-state index in [1.165, 1.54) is 23.5 Å². The topological polar surface area (TPSA) is 72.7 Å². The van der Waals surface area contributed by atoms with Crippen molar-refractivity contribution in [1.29, 1.82) is 0 Å². The summed E-state index contributed by atoms with van der Waals surface area (Å²) in [4.78, 5) is 16.9. The Kier molecular flexibility index (Phi) is 3.96. The van der Waals surface area contributed by atoms with Crippen LogP contribution in [0, 0.1) is 19.7 Å². The van der Waals surface area contributed by atoms with Crippen LogP contribution in [-0.4, -0.2) is 25.9 Å². The maximum Gasteiger partial charge on any atom is 0.279 e. The Labute approximate surface area is 152 Å². The van der Waals surface area contributed by atoms with E-state index in [2.05, 4.69) is 20.6 Å².